The zero-order valence-electron chi connectivity index (χ0n) is 13.5. The maximum absolute atomic E-state index is 12.2. The van der Waals surface area contributed by atoms with E-state index in [4.69, 9.17) is 4.74 Å². The zero-order chi connectivity index (χ0) is 17.6. The van der Waals surface area contributed by atoms with E-state index in [2.05, 4.69) is 9.71 Å². The fourth-order valence-corrected chi connectivity index (χ4v) is 2.70. The molecule has 0 bridgehead atoms. The summed E-state index contributed by atoms with van der Waals surface area (Å²) in [6.45, 7) is 0.318. The summed E-state index contributed by atoms with van der Waals surface area (Å²) in [5, 5.41) is 12.2. The van der Waals surface area contributed by atoms with Crippen LogP contribution in [0, 0.1) is 0 Å². The Balaban J connectivity index is 2.07. The van der Waals surface area contributed by atoms with Crippen molar-refractivity contribution in [3.63, 3.8) is 0 Å². The standard InChI is InChI=1S/C17H20N2O4S/c1-23-14-9-7-13(8-10-14)11-12-18-17(20)15-5-3-4-6-16(15)19-24(2,21)22/h3-10,19H,11-12H2,1-2H3,(H,18,20)/p-1. The molecule has 0 saturated heterocycles. The number of aliphatic imine (C=N–C) groups is 1. The number of nitrogens with zero attached hydrogens (tertiary/aromatic N) is 1. The van der Waals surface area contributed by atoms with E-state index < -0.39 is 15.9 Å². The zero-order valence-corrected chi connectivity index (χ0v) is 14.3. The summed E-state index contributed by atoms with van der Waals surface area (Å²) in [7, 11) is -1.86. The van der Waals surface area contributed by atoms with Gasteiger partial charge in [0.2, 0.25) is 10.0 Å². The van der Waals surface area contributed by atoms with E-state index >= 15 is 0 Å². The van der Waals surface area contributed by atoms with Crippen LogP contribution in [-0.2, 0) is 16.4 Å². The molecule has 128 valence electrons. The maximum atomic E-state index is 12.2. The molecule has 0 spiro atoms. The smallest absolute Gasteiger partial charge is 0.229 e. The van der Waals surface area contributed by atoms with Crippen molar-refractivity contribution in [1.82, 2.24) is 0 Å². The van der Waals surface area contributed by atoms with Gasteiger partial charge in [-0.3, -0.25) is 4.72 Å². The summed E-state index contributed by atoms with van der Waals surface area (Å²) >= 11 is 0. The van der Waals surface area contributed by atoms with E-state index in [0.29, 0.717) is 13.0 Å². The second-order valence-electron chi connectivity index (χ2n) is 5.20. The Morgan fingerprint density at radius 2 is 1.83 bits per heavy atom. The number of hydrogen-bond donors (Lipinski definition) is 1. The molecule has 1 N–H and O–H groups in total. The van der Waals surface area contributed by atoms with Gasteiger partial charge in [0.1, 0.15) is 5.75 Å². The minimum atomic E-state index is -3.46. The molecule has 0 amide bonds. The van der Waals surface area contributed by atoms with Crippen molar-refractivity contribution in [2.24, 2.45) is 4.99 Å². The number of ether oxygens (including phenoxy) is 1. The van der Waals surface area contributed by atoms with Gasteiger partial charge in [-0.2, -0.15) is 0 Å². The number of rotatable bonds is 7. The largest absolute Gasteiger partial charge is 0.858 e. The lowest BCUT2D eigenvalue weighted by molar-refractivity contribution is -0.213. The molecule has 0 aliphatic rings. The molecule has 2 aromatic carbocycles. The predicted molar refractivity (Wildman–Crippen MR) is 93.0 cm³/mol. The Kier molecular flexibility index (Phi) is 5.81. The second kappa shape index (κ2) is 7.83. The van der Waals surface area contributed by atoms with Crippen LogP contribution in [0.1, 0.15) is 11.1 Å². The Bertz CT molecular complexity index is 815. The van der Waals surface area contributed by atoms with Gasteiger partial charge in [0.05, 0.1) is 19.1 Å². The van der Waals surface area contributed by atoms with Crippen molar-refractivity contribution in [3.8, 4) is 5.75 Å². The third-order valence-corrected chi connectivity index (χ3v) is 3.86. The van der Waals surface area contributed by atoms with Gasteiger partial charge < -0.3 is 14.8 Å². The highest BCUT2D eigenvalue weighted by Crippen LogP contribution is 2.16. The van der Waals surface area contributed by atoms with Crippen molar-refractivity contribution in [2.75, 3.05) is 24.6 Å². The quantitative estimate of drug-likeness (QED) is 0.606. The first-order valence-electron chi connectivity index (χ1n) is 7.30. The molecular formula is C17H19N2O4S-. The molecule has 2 aromatic rings. The van der Waals surface area contributed by atoms with Crippen LogP contribution in [0.3, 0.4) is 0 Å². The van der Waals surface area contributed by atoms with Gasteiger partial charge in [-0.15, -0.1) is 0 Å². The molecule has 0 heterocycles. The van der Waals surface area contributed by atoms with Gasteiger partial charge in [-0.05, 0) is 36.1 Å². The lowest BCUT2D eigenvalue weighted by atomic mass is 10.1. The average Bonchev–Trinajstić information content (AvgIpc) is 2.54. The van der Waals surface area contributed by atoms with Gasteiger partial charge >= 0.3 is 0 Å². The molecule has 0 saturated carbocycles. The summed E-state index contributed by atoms with van der Waals surface area (Å²) in [4.78, 5) is 4.02. The minimum Gasteiger partial charge on any atom is -0.858 e. The Hall–Kier alpha value is -2.54. The number of para-hydroxylation sites is 1. The van der Waals surface area contributed by atoms with Gasteiger partial charge in [-0.25, -0.2) is 8.42 Å². The molecule has 0 atom stereocenters. The van der Waals surface area contributed by atoms with Crippen LogP contribution >= 0.6 is 0 Å². The highest BCUT2D eigenvalue weighted by molar-refractivity contribution is 7.92. The van der Waals surface area contributed by atoms with E-state index in [1.165, 1.54) is 6.07 Å². The van der Waals surface area contributed by atoms with Crippen molar-refractivity contribution in [3.05, 3.63) is 59.7 Å². The summed E-state index contributed by atoms with van der Waals surface area (Å²) < 4.78 is 30.1. The second-order valence-corrected chi connectivity index (χ2v) is 6.95. The van der Waals surface area contributed by atoms with Gasteiger partial charge in [0, 0.05) is 12.1 Å². The first-order chi connectivity index (χ1) is 11.4. The summed E-state index contributed by atoms with van der Waals surface area (Å²) in [6.07, 6.45) is 1.65. The van der Waals surface area contributed by atoms with E-state index in [9.17, 15) is 13.5 Å². The normalized spacial score (nSPS) is 12.0. The highest BCUT2D eigenvalue weighted by Gasteiger charge is 2.06. The minimum absolute atomic E-state index is 0.234. The fourth-order valence-electron chi connectivity index (χ4n) is 2.12. The van der Waals surface area contributed by atoms with E-state index in [1.807, 2.05) is 24.3 Å². The maximum Gasteiger partial charge on any atom is 0.229 e. The van der Waals surface area contributed by atoms with Crippen molar-refractivity contribution >= 4 is 21.6 Å². The average molecular weight is 347 g/mol. The molecule has 2 rings (SSSR count). The van der Waals surface area contributed by atoms with Crippen LogP contribution in [0.5, 0.6) is 5.75 Å². The molecule has 6 nitrogen and oxygen atoms in total. The monoisotopic (exact) mass is 347 g/mol. The van der Waals surface area contributed by atoms with Gasteiger partial charge in [0.15, 0.2) is 0 Å². The number of benzene rings is 2. The Labute approximate surface area is 141 Å². The van der Waals surface area contributed by atoms with E-state index in [0.717, 1.165) is 17.6 Å². The molecule has 0 aromatic heterocycles. The SMILES string of the molecule is COc1ccc(CCN=C([O-])c2ccccc2NS(C)(=O)=O)cc1. The van der Waals surface area contributed by atoms with Crippen molar-refractivity contribution < 1.29 is 18.3 Å². The van der Waals surface area contributed by atoms with Crippen LogP contribution in [0.25, 0.3) is 0 Å². The number of methoxy groups -OCH3 is 1. The van der Waals surface area contributed by atoms with Crippen LogP contribution in [0.2, 0.25) is 0 Å². The van der Waals surface area contributed by atoms with Gasteiger partial charge in [-0.1, -0.05) is 30.3 Å². The molecular weight excluding hydrogens is 328 g/mol. The fraction of sp³-hybridized carbons (Fsp3) is 0.235. The predicted octanol–water partition coefficient (Wildman–Crippen LogP) is 1.42. The summed E-state index contributed by atoms with van der Waals surface area (Å²) in [5.74, 6) is 0.322. The number of nitrogens with one attached hydrogen (secondary N) is 1. The summed E-state index contributed by atoms with van der Waals surface area (Å²) in [5.41, 5.74) is 1.51. The van der Waals surface area contributed by atoms with Crippen LogP contribution in [0.15, 0.2) is 53.5 Å². The highest BCUT2D eigenvalue weighted by atomic mass is 32.2. The third-order valence-electron chi connectivity index (χ3n) is 3.27. The lowest BCUT2D eigenvalue weighted by Crippen LogP contribution is -2.22. The molecule has 0 aliphatic heterocycles. The summed E-state index contributed by atoms with van der Waals surface area (Å²) in [6, 6.07) is 13.9. The lowest BCUT2D eigenvalue weighted by Gasteiger charge is -2.16. The van der Waals surface area contributed by atoms with Crippen LogP contribution in [0.4, 0.5) is 5.69 Å². The Morgan fingerprint density at radius 1 is 1.17 bits per heavy atom. The number of sulfonamides is 1. The van der Waals surface area contributed by atoms with Crippen molar-refractivity contribution in [2.45, 2.75) is 6.42 Å². The first kappa shape index (κ1) is 17.8. The molecule has 0 radical (unpaired) electrons. The molecule has 0 aliphatic carbocycles. The molecule has 24 heavy (non-hydrogen) atoms. The van der Waals surface area contributed by atoms with Gasteiger partial charge in [0.25, 0.3) is 0 Å². The first-order valence-corrected chi connectivity index (χ1v) is 9.20. The number of anilines is 1. The molecule has 0 fully saturated rings. The van der Waals surface area contributed by atoms with E-state index in [1.54, 1.807) is 25.3 Å². The van der Waals surface area contributed by atoms with Crippen LogP contribution in [-0.4, -0.2) is 34.2 Å². The van der Waals surface area contributed by atoms with Crippen molar-refractivity contribution in [1.29, 1.82) is 0 Å². The number of hydrogen-bond acceptors (Lipinski definition) is 5. The Morgan fingerprint density at radius 3 is 2.46 bits per heavy atom. The third kappa shape index (κ3) is 5.27. The molecule has 7 heteroatoms. The van der Waals surface area contributed by atoms with E-state index in [-0.39, 0.29) is 11.3 Å². The topological polar surface area (TPSA) is 90.8 Å². The van der Waals surface area contributed by atoms with Crippen LogP contribution < -0.4 is 14.6 Å². The molecule has 0 unspecified atom stereocenters.